The average molecular weight is 362 g/mol. The lowest BCUT2D eigenvalue weighted by atomic mass is 10.1. The van der Waals surface area contributed by atoms with Crippen LogP contribution < -0.4 is 15.4 Å². The minimum Gasteiger partial charge on any atom is -0.497 e. The number of hydrogen-bond acceptors (Lipinski definition) is 4. The second-order valence-electron chi connectivity index (χ2n) is 6.15. The number of rotatable bonds is 6. The topological polar surface area (TPSA) is 75.2 Å². The molecule has 7 nitrogen and oxygen atoms in total. The number of carbonyl (C=O) groups is 1. The lowest BCUT2D eigenvalue weighted by Gasteiger charge is -2.32. The lowest BCUT2D eigenvalue weighted by Crippen LogP contribution is -2.49. The minimum absolute atomic E-state index is 0.217. The van der Waals surface area contributed by atoms with Crippen molar-refractivity contribution in [3.63, 3.8) is 0 Å². The van der Waals surface area contributed by atoms with Gasteiger partial charge in [-0.3, -0.25) is 0 Å². The molecular formula is C19H30N4O3. The number of guanidine groups is 1. The van der Waals surface area contributed by atoms with Gasteiger partial charge in [0.1, 0.15) is 5.75 Å². The smallest absolute Gasteiger partial charge is 0.409 e. The van der Waals surface area contributed by atoms with Crippen molar-refractivity contribution in [3.8, 4) is 5.75 Å². The van der Waals surface area contributed by atoms with Crippen LogP contribution in [0.15, 0.2) is 29.3 Å². The van der Waals surface area contributed by atoms with Gasteiger partial charge in [0.15, 0.2) is 5.96 Å². The van der Waals surface area contributed by atoms with Crippen molar-refractivity contribution in [2.24, 2.45) is 4.99 Å². The number of nitrogens with zero attached hydrogens (tertiary/aromatic N) is 2. The molecule has 2 N–H and O–H groups in total. The van der Waals surface area contributed by atoms with Crippen LogP contribution in [0.4, 0.5) is 4.79 Å². The number of hydrogen-bond donors (Lipinski definition) is 2. The molecule has 7 heteroatoms. The van der Waals surface area contributed by atoms with Crippen molar-refractivity contribution in [2.75, 3.05) is 33.4 Å². The van der Waals surface area contributed by atoms with E-state index in [-0.39, 0.29) is 6.09 Å². The standard InChI is InChI=1S/C19H30N4O3/c1-4-20-18(21-14-15-6-8-17(25-3)9-7-15)22-16-10-12-23(13-11-16)19(24)26-5-2/h6-9,16H,4-5,10-14H2,1-3H3,(H2,20,21,22). The fourth-order valence-corrected chi connectivity index (χ4v) is 2.84. The van der Waals surface area contributed by atoms with E-state index in [1.807, 2.05) is 38.1 Å². The molecule has 1 heterocycles. The molecular weight excluding hydrogens is 332 g/mol. The van der Waals surface area contributed by atoms with Gasteiger partial charge in [-0.25, -0.2) is 9.79 Å². The van der Waals surface area contributed by atoms with Crippen LogP contribution in [0.2, 0.25) is 0 Å². The van der Waals surface area contributed by atoms with Crippen molar-refractivity contribution in [1.29, 1.82) is 0 Å². The molecule has 1 aromatic carbocycles. The molecule has 0 unspecified atom stereocenters. The number of piperidine rings is 1. The van der Waals surface area contributed by atoms with E-state index in [2.05, 4.69) is 15.6 Å². The van der Waals surface area contributed by atoms with Crippen LogP contribution in [0.25, 0.3) is 0 Å². The summed E-state index contributed by atoms with van der Waals surface area (Å²) in [7, 11) is 1.66. The number of benzene rings is 1. The number of methoxy groups -OCH3 is 1. The van der Waals surface area contributed by atoms with Crippen molar-refractivity contribution in [2.45, 2.75) is 39.3 Å². The molecule has 0 radical (unpaired) electrons. The van der Waals surface area contributed by atoms with E-state index in [0.717, 1.165) is 36.7 Å². The van der Waals surface area contributed by atoms with E-state index in [4.69, 9.17) is 9.47 Å². The van der Waals surface area contributed by atoms with Crippen molar-refractivity contribution in [3.05, 3.63) is 29.8 Å². The van der Waals surface area contributed by atoms with Crippen LogP contribution in [-0.2, 0) is 11.3 Å². The van der Waals surface area contributed by atoms with E-state index < -0.39 is 0 Å². The fraction of sp³-hybridized carbons (Fsp3) is 0.579. The summed E-state index contributed by atoms with van der Waals surface area (Å²) in [5.41, 5.74) is 1.13. The summed E-state index contributed by atoms with van der Waals surface area (Å²) < 4.78 is 10.2. The third-order valence-corrected chi connectivity index (χ3v) is 4.28. The Balaban J connectivity index is 1.86. The Morgan fingerprint density at radius 3 is 2.50 bits per heavy atom. The van der Waals surface area contributed by atoms with Crippen molar-refractivity contribution >= 4 is 12.1 Å². The zero-order valence-corrected chi connectivity index (χ0v) is 16.0. The molecule has 1 aliphatic rings. The maximum atomic E-state index is 11.8. The van der Waals surface area contributed by atoms with E-state index in [1.165, 1.54) is 0 Å². The largest absolute Gasteiger partial charge is 0.497 e. The highest BCUT2D eigenvalue weighted by Crippen LogP contribution is 2.13. The van der Waals surface area contributed by atoms with Crippen molar-refractivity contribution in [1.82, 2.24) is 15.5 Å². The van der Waals surface area contributed by atoms with Gasteiger partial charge >= 0.3 is 6.09 Å². The maximum absolute atomic E-state index is 11.8. The number of nitrogens with one attached hydrogen (secondary N) is 2. The first-order valence-corrected chi connectivity index (χ1v) is 9.25. The van der Waals surface area contributed by atoms with Gasteiger partial charge in [-0.05, 0) is 44.4 Å². The molecule has 144 valence electrons. The van der Waals surface area contributed by atoms with E-state index in [9.17, 15) is 4.79 Å². The number of likely N-dealkylation sites (tertiary alicyclic amines) is 1. The predicted molar refractivity (Wildman–Crippen MR) is 103 cm³/mol. The summed E-state index contributed by atoms with van der Waals surface area (Å²) in [5.74, 6) is 1.65. The summed E-state index contributed by atoms with van der Waals surface area (Å²) in [6, 6.07) is 8.22. The average Bonchev–Trinajstić information content (AvgIpc) is 2.67. The molecule has 1 amide bonds. The van der Waals surface area contributed by atoms with Crippen LogP contribution in [0.1, 0.15) is 32.3 Å². The number of amides is 1. The number of carbonyl (C=O) groups excluding carboxylic acids is 1. The predicted octanol–water partition coefficient (Wildman–Crippen LogP) is 2.37. The highest BCUT2D eigenvalue weighted by atomic mass is 16.6. The molecule has 1 aromatic rings. The van der Waals surface area contributed by atoms with Crippen LogP contribution in [-0.4, -0.2) is 56.3 Å². The molecule has 0 spiro atoms. The Morgan fingerprint density at radius 1 is 1.23 bits per heavy atom. The van der Waals surface area contributed by atoms with E-state index >= 15 is 0 Å². The van der Waals surface area contributed by atoms with Gasteiger partial charge in [0.25, 0.3) is 0 Å². The Hall–Kier alpha value is -2.44. The van der Waals surface area contributed by atoms with Gasteiger partial charge in [0.05, 0.1) is 20.3 Å². The molecule has 0 aliphatic carbocycles. The normalized spacial score (nSPS) is 15.5. The molecule has 0 bridgehead atoms. The fourth-order valence-electron chi connectivity index (χ4n) is 2.84. The quantitative estimate of drug-likeness (QED) is 0.600. The van der Waals surface area contributed by atoms with Gasteiger partial charge in [-0.15, -0.1) is 0 Å². The molecule has 1 fully saturated rings. The first kappa shape index (κ1) is 19.9. The molecule has 1 saturated heterocycles. The summed E-state index contributed by atoms with van der Waals surface area (Å²) in [6.45, 7) is 7.10. The molecule has 0 aromatic heterocycles. The minimum atomic E-state index is -0.217. The SMILES string of the molecule is CCNC(=NCc1ccc(OC)cc1)NC1CCN(C(=O)OCC)CC1. The van der Waals surface area contributed by atoms with E-state index in [1.54, 1.807) is 12.0 Å². The second kappa shape index (κ2) is 10.5. The Labute approximate surface area is 155 Å². The highest BCUT2D eigenvalue weighted by molar-refractivity contribution is 5.80. The summed E-state index contributed by atoms with van der Waals surface area (Å²) in [6.07, 6.45) is 1.54. The van der Waals surface area contributed by atoms with Gasteiger partial charge in [0.2, 0.25) is 0 Å². The lowest BCUT2D eigenvalue weighted by molar-refractivity contribution is 0.0963. The van der Waals surface area contributed by atoms with Crippen LogP contribution in [0.5, 0.6) is 5.75 Å². The first-order valence-electron chi connectivity index (χ1n) is 9.25. The summed E-state index contributed by atoms with van der Waals surface area (Å²) in [4.78, 5) is 18.2. The Bertz CT molecular complexity index is 581. The molecule has 0 atom stereocenters. The molecule has 0 saturated carbocycles. The van der Waals surface area contributed by atoms with Crippen molar-refractivity contribution < 1.29 is 14.3 Å². The summed E-state index contributed by atoms with van der Waals surface area (Å²) >= 11 is 0. The molecule has 26 heavy (non-hydrogen) atoms. The second-order valence-corrected chi connectivity index (χ2v) is 6.15. The number of aliphatic imine (C=N–C) groups is 1. The Morgan fingerprint density at radius 2 is 1.92 bits per heavy atom. The third kappa shape index (κ3) is 6.13. The maximum Gasteiger partial charge on any atom is 0.409 e. The zero-order chi connectivity index (χ0) is 18.8. The summed E-state index contributed by atoms with van der Waals surface area (Å²) in [5, 5.41) is 6.76. The van der Waals surface area contributed by atoms with Crippen LogP contribution in [0.3, 0.4) is 0 Å². The third-order valence-electron chi connectivity index (χ3n) is 4.28. The van der Waals surface area contributed by atoms with E-state index in [0.29, 0.717) is 32.3 Å². The van der Waals surface area contributed by atoms with Gasteiger partial charge in [-0.2, -0.15) is 0 Å². The zero-order valence-electron chi connectivity index (χ0n) is 16.0. The van der Waals surface area contributed by atoms with Gasteiger partial charge in [0, 0.05) is 25.7 Å². The Kier molecular flexibility index (Phi) is 8.05. The number of ether oxygens (including phenoxy) is 2. The van der Waals surface area contributed by atoms with Crippen LogP contribution >= 0.6 is 0 Å². The molecule has 1 aliphatic heterocycles. The highest BCUT2D eigenvalue weighted by Gasteiger charge is 2.23. The first-order chi connectivity index (χ1) is 12.7. The van der Waals surface area contributed by atoms with Gasteiger partial charge in [-0.1, -0.05) is 12.1 Å². The monoisotopic (exact) mass is 362 g/mol. The van der Waals surface area contributed by atoms with Crippen LogP contribution in [0, 0.1) is 0 Å². The molecule has 2 rings (SSSR count). The van der Waals surface area contributed by atoms with Gasteiger partial charge < -0.3 is 25.0 Å².